The van der Waals surface area contributed by atoms with Gasteiger partial charge >= 0.3 is 6.03 Å². The molecule has 0 heterocycles. The third-order valence-corrected chi connectivity index (χ3v) is 3.71. The molecule has 0 saturated carbocycles. The van der Waals surface area contributed by atoms with Gasteiger partial charge in [-0.15, -0.1) is 0 Å². The maximum absolute atomic E-state index is 11.9. The lowest BCUT2D eigenvalue weighted by molar-refractivity contribution is 0.244. The number of urea groups is 1. The van der Waals surface area contributed by atoms with E-state index in [2.05, 4.69) is 41.6 Å². The molecule has 1 unspecified atom stereocenters. The molecule has 1 rings (SSSR count). The molecule has 0 fully saturated rings. The van der Waals surface area contributed by atoms with Crippen LogP contribution >= 0.6 is 0 Å². The summed E-state index contributed by atoms with van der Waals surface area (Å²) in [4.78, 5) is 14.0. The van der Waals surface area contributed by atoms with Crippen LogP contribution < -0.4 is 16.0 Å². The fraction of sp³-hybridized carbons (Fsp3) is 0.562. The molecule has 118 valence electrons. The third-order valence-electron chi connectivity index (χ3n) is 3.71. The molecular formula is C16H28N4O. The van der Waals surface area contributed by atoms with Crippen LogP contribution in [-0.2, 0) is 0 Å². The summed E-state index contributed by atoms with van der Waals surface area (Å²) in [5, 5.41) is 8.93. The van der Waals surface area contributed by atoms with Gasteiger partial charge in [0.25, 0.3) is 0 Å². The van der Waals surface area contributed by atoms with E-state index < -0.39 is 0 Å². The average Bonchev–Trinajstić information content (AvgIpc) is 2.46. The first-order valence-electron chi connectivity index (χ1n) is 7.46. The summed E-state index contributed by atoms with van der Waals surface area (Å²) in [6.07, 6.45) is 0. The van der Waals surface area contributed by atoms with E-state index in [-0.39, 0.29) is 12.1 Å². The number of nitrogens with zero attached hydrogens (tertiary/aromatic N) is 1. The van der Waals surface area contributed by atoms with E-state index in [9.17, 15) is 4.79 Å². The van der Waals surface area contributed by atoms with Crippen molar-refractivity contribution in [2.45, 2.75) is 32.9 Å². The monoisotopic (exact) mass is 292 g/mol. The Morgan fingerprint density at radius 3 is 2.62 bits per heavy atom. The van der Waals surface area contributed by atoms with Crippen LogP contribution in [0.5, 0.6) is 0 Å². The third kappa shape index (κ3) is 6.14. The molecule has 21 heavy (non-hydrogen) atoms. The lowest BCUT2D eigenvalue weighted by atomic mass is 10.1. The number of anilines is 1. The number of amides is 2. The molecule has 5 nitrogen and oxygen atoms in total. The second-order valence-corrected chi connectivity index (χ2v) is 5.59. The van der Waals surface area contributed by atoms with Crippen molar-refractivity contribution >= 4 is 11.7 Å². The van der Waals surface area contributed by atoms with Crippen LogP contribution in [0.4, 0.5) is 10.5 Å². The van der Waals surface area contributed by atoms with Gasteiger partial charge < -0.3 is 20.9 Å². The fourth-order valence-electron chi connectivity index (χ4n) is 1.83. The van der Waals surface area contributed by atoms with E-state index in [4.69, 9.17) is 0 Å². The highest BCUT2D eigenvalue weighted by Crippen LogP contribution is 2.16. The maximum Gasteiger partial charge on any atom is 0.319 e. The van der Waals surface area contributed by atoms with Crippen molar-refractivity contribution < 1.29 is 4.79 Å². The number of rotatable bonds is 7. The lowest BCUT2D eigenvalue weighted by Gasteiger charge is -2.21. The highest BCUT2D eigenvalue weighted by atomic mass is 16.2. The molecule has 0 saturated heterocycles. The predicted octanol–water partition coefficient (Wildman–Crippen LogP) is 2.43. The van der Waals surface area contributed by atoms with Crippen LogP contribution in [0.25, 0.3) is 0 Å². The first kappa shape index (κ1) is 17.5. The minimum atomic E-state index is -0.165. The molecule has 0 aromatic heterocycles. The molecule has 1 aromatic rings. The lowest BCUT2D eigenvalue weighted by Crippen LogP contribution is -2.37. The SMILES string of the molecule is CNC(C)c1cccc(NC(=O)NCCN(C)C(C)C)c1. The van der Waals surface area contributed by atoms with E-state index in [1.807, 2.05) is 38.4 Å². The zero-order chi connectivity index (χ0) is 15.8. The summed E-state index contributed by atoms with van der Waals surface area (Å²) in [7, 11) is 3.97. The van der Waals surface area contributed by atoms with Crippen molar-refractivity contribution in [2.24, 2.45) is 0 Å². The van der Waals surface area contributed by atoms with Gasteiger partial charge in [0.15, 0.2) is 0 Å². The largest absolute Gasteiger partial charge is 0.337 e. The van der Waals surface area contributed by atoms with Crippen molar-refractivity contribution in [1.29, 1.82) is 0 Å². The van der Waals surface area contributed by atoms with E-state index in [1.165, 1.54) is 0 Å². The van der Waals surface area contributed by atoms with Gasteiger partial charge in [0.1, 0.15) is 0 Å². The fourth-order valence-corrected chi connectivity index (χ4v) is 1.83. The smallest absolute Gasteiger partial charge is 0.319 e. The van der Waals surface area contributed by atoms with Crippen LogP contribution in [-0.4, -0.2) is 44.2 Å². The molecule has 0 aliphatic carbocycles. The summed E-state index contributed by atoms with van der Waals surface area (Å²) in [5.74, 6) is 0. The molecule has 1 aromatic carbocycles. The summed E-state index contributed by atoms with van der Waals surface area (Å²) < 4.78 is 0. The van der Waals surface area contributed by atoms with E-state index in [0.29, 0.717) is 12.6 Å². The number of hydrogen-bond donors (Lipinski definition) is 3. The van der Waals surface area contributed by atoms with Gasteiger partial charge in [-0.2, -0.15) is 0 Å². The quantitative estimate of drug-likeness (QED) is 0.723. The number of carbonyl (C=O) groups is 1. The highest BCUT2D eigenvalue weighted by Gasteiger charge is 2.07. The van der Waals surface area contributed by atoms with Gasteiger partial charge in [-0.05, 0) is 52.6 Å². The number of hydrogen-bond acceptors (Lipinski definition) is 3. The maximum atomic E-state index is 11.9. The van der Waals surface area contributed by atoms with Crippen molar-refractivity contribution in [2.75, 3.05) is 32.5 Å². The van der Waals surface area contributed by atoms with E-state index in [1.54, 1.807) is 0 Å². The molecule has 3 N–H and O–H groups in total. The van der Waals surface area contributed by atoms with Gasteiger partial charge in [0.05, 0.1) is 0 Å². The summed E-state index contributed by atoms with van der Waals surface area (Å²) >= 11 is 0. The standard InChI is InChI=1S/C16H28N4O/c1-12(2)20(5)10-9-18-16(21)19-15-8-6-7-14(11-15)13(3)17-4/h6-8,11-13,17H,9-10H2,1-5H3,(H2,18,19,21). The van der Waals surface area contributed by atoms with Gasteiger partial charge in [-0.1, -0.05) is 12.1 Å². The van der Waals surface area contributed by atoms with Crippen LogP contribution in [0.2, 0.25) is 0 Å². The topological polar surface area (TPSA) is 56.4 Å². The minimum Gasteiger partial charge on any atom is -0.337 e. The zero-order valence-corrected chi connectivity index (χ0v) is 13.7. The van der Waals surface area contributed by atoms with Crippen LogP contribution in [0, 0.1) is 0 Å². The molecule has 0 aliphatic heterocycles. The Labute approximate surface area is 128 Å². The Kier molecular flexibility index (Phi) is 7.19. The summed E-state index contributed by atoms with van der Waals surface area (Å²) in [5.41, 5.74) is 1.96. The van der Waals surface area contributed by atoms with Gasteiger partial charge in [-0.3, -0.25) is 0 Å². The number of benzene rings is 1. The molecule has 0 spiro atoms. The van der Waals surface area contributed by atoms with Crippen molar-refractivity contribution in [3.8, 4) is 0 Å². The zero-order valence-electron chi connectivity index (χ0n) is 13.7. The number of nitrogens with one attached hydrogen (secondary N) is 3. The molecule has 2 amide bonds. The first-order chi connectivity index (χ1) is 9.93. The Hall–Kier alpha value is -1.59. The van der Waals surface area contributed by atoms with Crippen LogP contribution in [0.1, 0.15) is 32.4 Å². The number of carbonyl (C=O) groups excluding carboxylic acids is 1. The molecule has 5 heteroatoms. The Bertz CT molecular complexity index is 448. The second-order valence-electron chi connectivity index (χ2n) is 5.59. The molecule has 0 aliphatic rings. The Morgan fingerprint density at radius 2 is 2.00 bits per heavy atom. The Balaban J connectivity index is 2.44. The molecule has 0 radical (unpaired) electrons. The highest BCUT2D eigenvalue weighted by molar-refractivity contribution is 5.89. The second kappa shape index (κ2) is 8.64. The van der Waals surface area contributed by atoms with Crippen molar-refractivity contribution in [1.82, 2.24) is 15.5 Å². The van der Waals surface area contributed by atoms with Crippen molar-refractivity contribution in [3.63, 3.8) is 0 Å². The Morgan fingerprint density at radius 1 is 1.29 bits per heavy atom. The molecule has 1 atom stereocenters. The predicted molar refractivity (Wildman–Crippen MR) is 88.7 cm³/mol. The average molecular weight is 292 g/mol. The summed E-state index contributed by atoms with van der Waals surface area (Å²) in [6, 6.07) is 8.45. The van der Waals surface area contributed by atoms with E-state index in [0.717, 1.165) is 17.8 Å². The first-order valence-corrected chi connectivity index (χ1v) is 7.46. The molecular weight excluding hydrogens is 264 g/mol. The van der Waals surface area contributed by atoms with E-state index >= 15 is 0 Å². The summed E-state index contributed by atoms with van der Waals surface area (Å²) in [6.45, 7) is 7.82. The van der Waals surface area contributed by atoms with Crippen LogP contribution in [0.3, 0.4) is 0 Å². The molecule has 0 bridgehead atoms. The minimum absolute atomic E-state index is 0.165. The normalized spacial score (nSPS) is 12.5. The van der Waals surface area contributed by atoms with Gasteiger partial charge in [0, 0.05) is 30.9 Å². The number of likely N-dealkylation sites (N-methyl/N-ethyl adjacent to an activating group) is 1. The van der Waals surface area contributed by atoms with Gasteiger partial charge in [0.2, 0.25) is 0 Å². The van der Waals surface area contributed by atoms with Gasteiger partial charge in [-0.25, -0.2) is 4.79 Å². The van der Waals surface area contributed by atoms with Crippen LogP contribution in [0.15, 0.2) is 24.3 Å². The van der Waals surface area contributed by atoms with Crippen molar-refractivity contribution in [3.05, 3.63) is 29.8 Å².